The summed E-state index contributed by atoms with van der Waals surface area (Å²) in [7, 11) is 0. The van der Waals surface area contributed by atoms with Gasteiger partial charge in [-0.3, -0.25) is 5.41 Å². The van der Waals surface area contributed by atoms with Crippen LogP contribution in [0, 0.1) is 5.41 Å². The maximum atomic E-state index is 8.83. The van der Waals surface area contributed by atoms with E-state index in [0.717, 1.165) is 6.42 Å². The summed E-state index contributed by atoms with van der Waals surface area (Å²) in [6.45, 7) is 0.650. The lowest BCUT2D eigenvalue weighted by molar-refractivity contribution is -0.0793. The van der Waals surface area contributed by atoms with Crippen LogP contribution < -0.4 is 5.73 Å². The van der Waals surface area contributed by atoms with E-state index in [0.29, 0.717) is 13.0 Å². The van der Waals surface area contributed by atoms with Crippen LogP contribution in [0.3, 0.4) is 0 Å². The van der Waals surface area contributed by atoms with E-state index in [4.69, 9.17) is 21.4 Å². The van der Waals surface area contributed by atoms with Crippen molar-refractivity contribution in [1.29, 1.82) is 5.41 Å². The molecule has 1 fully saturated rings. The van der Waals surface area contributed by atoms with Crippen LogP contribution in [0.4, 0.5) is 0 Å². The zero-order valence-corrected chi connectivity index (χ0v) is 6.20. The molecule has 0 bridgehead atoms. The molecule has 1 unspecified atom stereocenters. The highest BCUT2D eigenvalue weighted by molar-refractivity contribution is 5.75. The predicted octanol–water partition coefficient (Wildman–Crippen LogP) is -1.35. The van der Waals surface area contributed by atoms with Gasteiger partial charge in [0.15, 0.2) is 12.2 Å². The van der Waals surface area contributed by atoms with Gasteiger partial charge in [-0.05, 0) is 12.8 Å². The van der Waals surface area contributed by atoms with E-state index in [9.17, 15) is 0 Å². The third-order valence-electron chi connectivity index (χ3n) is 1.95. The molecule has 0 radical (unpaired) electrons. The Morgan fingerprint density at radius 2 is 2.27 bits per heavy atom. The first-order valence-electron chi connectivity index (χ1n) is 3.59. The number of nitrogens with two attached hydrogens (primary N) is 1. The fraction of sp³-hybridized carbons (Fsp3) is 0.833. The van der Waals surface area contributed by atoms with Crippen molar-refractivity contribution in [1.82, 2.24) is 4.90 Å². The summed E-state index contributed by atoms with van der Waals surface area (Å²) in [4.78, 5) is 1.50. The Kier molecular flexibility index (Phi) is 2.31. The molecule has 0 amide bonds. The molecule has 1 saturated heterocycles. The van der Waals surface area contributed by atoms with E-state index >= 15 is 0 Å². The molecular weight excluding hydrogens is 146 g/mol. The Balaban J connectivity index is 2.58. The SMILES string of the molecule is N=C(N)N1CCCC1C(O)O. The van der Waals surface area contributed by atoms with E-state index in [1.165, 1.54) is 4.90 Å². The minimum absolute atomic E-state index is 0.0828. The van der Waals surface area contributed by atoms with Gasteiger partial charge in [-0.25, -0.2) is 0 Å². The first-order chi connectivity index (χ1) is 5.13. The second-order valence-electron chi connectivity index (χ2n) is 2.70. The molecule has 11 heavy (non-hydrogen) atoms. The number of rotatable bonds is 1. The fourth-order valence-corrected chi connectivity index (χ4v) is 1.40. The van der Waals surface area contributed by atoms with E-state index in [1.54, 1.807) is 0 Å². The number of hydrogen-bond acceptors (Lipinski definition) is 3. The van der Waals surface area contributed by atoms with Gasteiger partial charge in [-0.1, -0.05) is 0 Å². The van der Waals surface area contributed by atoms with Crippen molar-refractivity contribution in [3.63, 3.8) is 0 Å². The molecule has 5 N–H and O–H groups in total. The molecule has 0 aliphatic carbocycles. The van der Waals surface area contributed by atoms with E-state index in [-0.39, 0.29) is 12.0 Å². The molecule has 5 nitrogen and oxygen atoms in total. The fourth-order valence-electron chi connectivity index (χ4n) is 1.40. The Labute approximate surface area is 64.9 Å². The van der Waals surface area contributed by atoms with Crippen LogP contribution in [-0.4, -0.2) is 39.9 Å². The molecule has 5 heteroatoms. The number of hydrogen-bond donors (Lipinski definition) is 4. The van der Waals surface area contributed by atoms with Crippen LogP contribution in [-0.2, 0) is 0 Å². The third kappa shape index (κ3) is 1.61. The van der Waals surface area contributed by atoms with Crippen LogP contribution in [0.25, 0.3) is 0 Å². The number of nitrogens with zero attached hydrogens (tertiary/aromatic N) is 1. The Morgan fingerprint density at radius 3 is 2.64 bits per heavy atom. The summed E-state index contributed by atoms with van der Waals surface area (Å²) in [5.41, 5.74) is 5.21. The highest BCUT2D eigenvalue weighted by Crippen LogP contribution is 2.18. The van der Waals surface area contributed by atoms with Crippen LogP contribution in [0.2, 0.25) is 0 Å². The summed E-state index contributed by atoms with van der Waals surface area (Å²) in [6, 6.07) is -0.382. The normalized spacial score (nSPS) is 24.6. The summed E-state index contributed by atoms with van der Waals surface area (Å²) in [6.07, 6.45) is 0.167. The lowest BCUT2D eigenvalue weighted by Crippen LogP contribution is -2.45. The van der Waals surface area contributed by atoms with Crippen molar-refractivity contribution >= 4 is 5.96 Å². The van der Waals surface area contributed by atoms with Crippen LogP contribution in [0.15, 0.2) is 0 Å². The standard InChI is InChI=1S/C6H13N3O2/c7-6(8)9-3-1-2-4(9)5(10)11/h4-5,10-11H,1-3H2,(H3,7,8). The minimum Gasteiger partial charge on any atom is -0.370 e. The summed E-state index contributed by atoms with van der Waals surface area (Å²) in [5, 5.41) is 24.8. The molecule has 1 atom stereocenters. The first-order valence-corrected chi connectivity index (χ1v) is 3.59. The van der Waals surface area contributed by atoms with Gasteiger partial charge in [0.25, 0.3) is 0 Å². The number of aliphatic hydroxyl groups is 2. The average Bonchev–Trinajstić information content (AvgIpc) is 2.32. The van der Waals surface area contributed by atoms with Crippen LogP contribution in [0.1, 0.15) is 12.8 Å². The van der Waals surface area contributed by atoms with Crippen molar-refractivity contribution in [2.75, 3.05) is 6.54 Å². The van der Waals surface area contributed by atoms with E-state index < -0.39 is 6.29 Å². The maximum absolute atomic E-state index is 8.83. The number of guanidine groups is 1. The van der Waals surface area contributed by atoms with Crippen molar-refractivity contribution < 1.29 is 10.2 Å². The maximum Gasteiger partial charge on any atom is 0.188 e. The quantitative estimate of drug-likeness (QED) is 0.216. The van der Waals surface area contributed by atoms with Gasteiger partial charge in [0.1, 0.15) is 0 Å². The smallest absolute Gasteiger partial charge is 0.188 e. The molecule has 0 saturated carbocycles. The van der Waals surface area contributed by atoms with Crippen molar-refractivity contribution in [3.8, 4) is 0 Å². The lowest BCUT2D eigenvalue weighted by Gasteiger charge is -2.25. The lowest BCUT2D eigenvalue weighted by atomic mass is 10.2. The molecule has 0 aromatic rings. The molecule has 64 valence electrons. The Bertz CT molecular complexity index is 160. The summed E-state index contributed by atoms with van der Waals surface area (Å²) >= 11 is 0. The number of likely N-dealkylation sites (tertiary alicyclic amines) is 1. The van der Waals surface area contributed by atoms with Crippen LogP contribution >= 0.6 is 0 Å². The Hall–Kier alpha value is -0.810. The van der Waals surface area contributed by atoms with Crippen molar-refractivity contribution in [2.24, 2.45) is 5.73 Å². The molecule has 1 heterocycles. The largest absolute Gasteiger partial charge is 0.370 e. The predicted molar refractivity (Wildman–Crippen MR) is 39.9 cm³/mol. The molecule has 0 spiro atoms. The van der Waals surface area contributed by atoms with Gasteiger partial charge in [0.2, 0.25) is 0 Å². The van der Waals surface area contributed by atoms with Gasteiger partial charge >= 0.3 is 0 Å². The third-order valence-corrected chi connectivity index (χ3v) is 1.95. The number of nitrogens with one attached hydrogen (secondary N) is 1. The van der Waals surface area contributed by atoms with Gasteiger partial charge in [0, 0.05) is 6.54 Å². The second-order valence-corrected chi connectivity index (χ2v) is 2.70. The molecule has 1 rings (SSSR count). The van der Waals surface area contributed by atoms with Gasteiger partial charge in [-0.15, -0.1) is 0 Å². The molecular formula is C6H13N3O2. The monoisotopic (exact) mass is 159 g/mol. The highest BCUT2D eigenvalue weighted by Gasteiger charge is 2.30. The average molecular weight is 159 g/mol. The molecule has 0 aromatic carbocycles. The minimum atomic E-state index is -1.39. The van der Waals surface area contributed by atoms with Crippen molar-refractivity contribution in [2.45, 2.75) is 25.2 Å². The zero-order chi connectivity index (χ0) is 8.43. The Morgan fingerprint density at radius 1 is 1.64 bits per heavy atom. The van der Waals surface area contributed by atoms with Gasteiger partial charge < -0.3 is 20.8 Å². The van der Waals surface area contributed by atoms with Gasteiger partial charge in [0.05, 0.1) is 6.04 Å². The van der Waals surface area contributed by atoms with Crippen LogP contribution in [0.5, 0.6) is 0 Å². The first kappa shape index (κ1) is 8.29. The highest BCUT2D eigenvalue weighted by atomic mass is 16.5. The van der Waals surface area contributed by atoms with Crippen molar-refractivity contribution in [3.05, 3.63) is 0 Å². The summed E-state index contributed by atoms with van der Waals surface area (Å²) < 4.78 is 0. The zero-order valence-electron chi connectivity index (χ0n) is 6.20. The van der Waals surface area contributed by atoms with E-state index in [2.05, 4.69) is 0 Å². The summed E-state index contributed by atoms with van der Waals surface area (Å²) in [5.74, 6) is -0.0828. The molecule has 1 aliphatic heterocycles. The topological polar surface area (TPSA) is 93.6 Å². The molecule has 1 aliphatic rings. The van der Waals surface area contributed by atoms with E-state index in [1.807, 2.05) is 0 Å². The van der Waals surface area contributed by atoms with Gasteiger partial charge in [-0.2, -0.15) is 0 Å². The molecule has 0 aromatic heterocycles. The number of aliphatic hydroxyl groups excluding tert-OH is 1. The second kappa shape index (κ2) is 3.06.